The van der Waals surface area contributed by atoms with E-state index < -0.39 is 0 Å². The van der Waals surface area contributed by atoms with E-state index in [0.717, 1.165) is 28.8 Å². The second kappa shape index (κ2) is 7.61. The van der Waals surface area contributed by atoms with Crippen LogP contribution in [0.25, 0.3) is 0 Å². The zero-order valence-electron chi connectivity index (χ0n) is 12.4. The molecule has 114 valence electrons. The first-order valence-corrected chi connectivity index (χ1v) is 7.87. The molecule has 2 rings (SSSR count). The van der Waals surface area contributed by atoms with Crippen molar-refractivity contribution in [3.63, 3.8) is 0 Å². The Bertz CT molecular complexity index is 555. The summed E-state index contributed by atoms with van der Waals surface area (Å²) < 4.78 is 11.5. The zero-order chi connectivity index (χ0) is 15.2. The van der Waals surface area contributed by atoms with Gasteiger partial charge in [0.2, 0.25) is 0 Å². The Balaban J connectivity index is 1.95. The third-order valence-corrected chi connectivity index (χ3v) is 3.92. The molecule has 0 aromatic heterocycles. The smallest absolute Gasteiger partial charge is 0.333 e. The molecular weight excluding hydrogens is 334 g/mol. The van der Waals surface area contributed by atoms with Gasteiger partial charge in [-0.05, 0) is 24.1 Å². The maximum absolute atomic E-state index is 11.5. The van der Waals surface area contributed by atoms with Gasteiger partial charge in [0.25, 0.3) is 0 Å². The summed E-state index contributed by atoms with van der Waals surface area (Å²) in [5.74, 6) is 0.740. The van der Waals surface area contributed by atoms with Gasteiger partial charge in [0.15, 0.2) is 0 Å². The van der Waals surface area contributed by atoms with Gasteiger partial charge in [0.05, 0.1) is 13.7 Å². The van der Waals surface area contributed by atoms with Crippen LogP contribution in [-0.4, -0.2) is 26.2 Å². The van der Waals surface area contributed by atoms with Crippen molar-refractivity contribution in [2.75, 3.05) is 20.3 Å². The third-order valence-electron chi connectivity index (χ3n) is 3.46. The molecule has 0 atom stereocenters. The summed E-state index contributed by atoms with van der Waals surface area (Å²) in [6, 6.07) is 4.18. The molecular formula is C16H20BrNO3. The molecule has 5 heteroatoms. The fourth-order valence-electron chi connectivity index (χ4n) is 2.38. The molecule has 0 amide bonds. The van der Waals surface area contributed by atoms with Crippen LogP contribution in [0.3, 0.4) is 0 Å². The highest BCUT2D eigenvalue weighted by Gasteiger charge is 2.17. The predicted molar refractivity (Wildman–Crippen MR) is 85.4 cm³/mol. The molecule has 1 N–H and O–H groups in total. The molecule has 21 heavy (non-hydrogen) atoms. The molecule has 0 saturated carbocycles. The van der Waals surface area contributed by atoms with E-state index >= 15 is 0 Å². The van der Waals surface area contributed by atoms with Crippen molar-refractivity contribution in [3.05, 3.63) is 39.4 Å². The van der Waals surface area contributed by atoms with Gasteiger partial charge in [-0.15, -0.1) is 0 Å². The quantitative estimate of drug-likeness (QED) is 0.485. The van der Waals surface area contributed by atoms with Gasteiger partial charge < -0.3 is 14.8 Å². The first kappa shape index (κ1) is 16.0. The van der Waals surface area contributed by atoms with Gasteiger partial charge in [-0.25, -0.2) is 4.79 Å². The van der Waals surface area contributed by atoms with Gasteiger partial charge in [-0.2, -0.15) is 0 Å². The Hall–Kier alpha value is -1.33. The van der Waals surface area contributed by atoms with Crippen LogP contribution in [0.4, 0.5) is 0 Å². The SMILES string of the molecule is CC/C(=C/CNCc1cc(Br)cc2c1OCC2)C(=O)OC. The number of hydrogen-bond donors (Lipinski definition) is 1. The van der Waals surface area contributed by atoms with E-state index in [1.165, 1.54) is 12.7 Å². The van der Waals surface area contributed by atoms with Crippen LogP contribution in [0.5, 0.6) is 5.75 Å². The molecule has 1 heterocycles. The average Bonchev–Trinajstić information content (AvgIpc) is 2.94. The number of methoxy groups -OCH3 is 1. The maximum atomic E-state index is 11.5. The molecule has 0 spiro atoms. The normalized spacial score (nSPS) is 13.8. The predicted octanol–water partition coefficient (Wildman–Crippen LogP) is 2.98. The fraction of sp³-hybridized carbons (Fsp3) is 0.438. The molecule has 0 unspecified atom stereocenters. The molecule has 1 aliphatic rings. The zero-order valence-corrected chi connectivity index (χ0v) is 14.0. The van der Waals surface area contributed by atoms with E-state index in [2.05, 4.69) is 33.4 Å². The van der Waals surface area contributed by atoms with Crippen LogP contribution in [0, 0.1) is 0 Å². The van der Waals surface area contributed by atoms with Crippen molar-refractivity contribution in [3.8, 4) is 5.75 Å². The number of halogens is 1. The Morgan fingerprint density at radius 2 is 2.33 bits per heavy atom. The first-order chi connectivity index (χ1) is 10.2. The lowest BCUT2D eigenvalue weighted by Gasteiger charge is -2.10. The first-order valence-electron chi connectivity index (χ1n) is 7.07. The summed E-state index contributed by atoms with van der Waals surface area (Å²) in [6.45, 7) is 4.02. The maximum Gasteiger partial charge on any atom is 0.333 e. The van der Waals surface area contributed by atoms with Crippen molar-refractivity contribution in [2.24, 2.45) is 0 Å². The number of carbonyl (C=O) groups is 1. The highest BCUT2D eigenvalue weighted by Crippen LogP contribution is 2.32. The Morgan fingerprint density at radius 1 is 1.52 bits per heavy atom. The van der Waals surface area contributed by atoms with Gasteiger partial charge in [0, 0.05) is 35.1 Å². The molecule has 0 bridgehead atoms. The van der Waals surface area contributed by atoms with Gasteiger partial charge in [-0.3, -0.25) is 0 Å². The molecule has 0 aliphatic carbocycles. The third kappa shape index (κ3) is 4.08. The highest BCUT2D eigenvalue weighted by molar-refractivity contribution is 9.10. The molecule has 1 aromatic rings. The van der Waals surface area contributed by atoms with Crippen molar-refractivity contribution >= 4 is 21.9 Å². The number of ether oxygens (including phenoxy) is 2. The standard InChI is InChI=1S/C16H20BrNO3/c1-3-11(16(19)20-2)4-6-18-10-13-9-14(17)8-12-5-7-21-15(12)13/h4,8-9,18H,3,5-7,10H2,1-2H3/b11-4-. The lowest BCUT2D eigenvalue weighted by Crippen LogP contribution is -2.15. The van der Waals surface area contributed by atoms with Gasteiger partial charge >= 0.3 is 5.97 Å². The fourth-order valence-corrected chi connectivity index (χ4v) is 2.94. The van der Waals surface area contributed by atoms with E-state index in [4.69, 9.17) is 9.47 Å². The van der Waals surface area contributed by atoms with Crippen LogP contribution >= 0.6 is 15.9 Å². The van der Waals surface area contributed by atoms with Crippen molar-refractivity contribution < 1.29 is 14.3 Å². The Labute approximate surface area is 133 Å². The lowest BCUT2D eigenvalue weighted by atomic mass is 10.1. The number of fused-ring (bicyclic) bond motifs is 1. The molecule has 1 aliphatic heterocycles. The number of rotatable bonds is 6. The number of nitrogens with one attached hydrogen (secondary N) is 1. The topological polar surface area (TPSA) is 47.6 Å². The molecule has 0 radical (unpaired) electrons. The van der Waals surface area contributed by atoms with E-state index in [0.29, 0.717) is 25.1 Å². The summed E-state index contributed by atoms with van der Waals surface area (Å²) >= 11 is 3.53. The molecule has 0 saturated heterocycles. The summed E-state index contributed by atoms with van der Waals surface area (Å²) in [4.78, 5) is 11.5. The van der Waals surface area contributed by atoms with Gasteiger partial charge in [0.1, 0.15) is 5.75 Å². The van der Waals surface area contributed by atoms with E-state index in [-0.39, 0.29) is 5.97 Å². The van der Waals surface area contributed by atoms with Crippen LogP contribution in [0.15, 0.2) is 28.3 Å². The second-order valence-electron chi connectivity index (χ2n) is 4.86. The van der Waals surface area contributed by atoms with Crippen LogP contribution in [0.1, 0.15) is 24.5 Å². The van der Waals surface area contributed by atoms with Crippen molar-refractivity contribution in [2.45, 2.75) is 26.3 Å². The summed E-state index contributed by atoms with van der Waals surface area (Å²) in [5, 5.41) is 3.32. The minimum Gasteiger partial charge on any atom is -0.493 e. The molecule has 0 fully saturated rings. The molecule has 1 aromatic carbocycles. The highest BCUT2D eigenvalue weighted by atomic mass is 79.9. The Kier molecular flexibility index (Phi) is 5.82. The summed E-state index contributed by atoms with van der Waals surface area (Å²) in [7, 11) is 1.40. The minimum absolute atomic E-state index is 0.258. The van der Waals surface area contributed by atoms with Crippen LogP contribution in [-0.2, 0) is 22.5 Å². The van der Waals surface area contributed by atoms with E-state index in [9.17, 15) is 4.79 Å². The number of carbonyl (C=O) groups excluding carboxylic acids is 1. The van der Waals surface area contributed by atoms with E-state index in [1.54, 1.807) is 0 Å². The van der Waals surface area contributed by atoms with E-state index in [1.807, 2.05) is 13.0 Å². The molecule has 4 nitrogen and oxygen atoms in total. The van der Waals surface area contributed by atoms with Crippen molar-refractivity contribution in [1.82, 2.24) is 5.32 Å². The van der Waals surface area contributed by atoms with Crippen LogP contribution in [0.2, 0.25) is 0 Å². The summed E-state index contributed by atoms with van der Waals surface area (Å²) in [6.07, 6.45) is 3.51. The van der Waals surface area contributed by atoms with Crippen molar-refractivity contribution in [1.29, 1.82) is 0 Å². The number of esters is 1. The monoisotopic (exact) mass is 353 g/mol. The average molecular weight is 354 g/mol. The Morgan fingerprint density at radius 3 is 3.05 bits per heavy atom. The minimum atomic E-state index is -0.258. The van der Waals surface area contributed by atoms with Gasteiger partial charge in [-0.1, -0.05) is 28.9 Å². The van der Waals surface area contributed by atoms with Crippen LogP contribution < -0.4 is 10.1 Å². The largest absolute Gasteiger partial charge is 0.493 e. The number of benzene rings is 1. The number of hydrogen-bond acceptors (Lipinski definition) is 4. The lowest BCUT2D eigenvalue weighted by molar-refractivity contribution is -0.136. The second-order valence-corrected chi connectivity index (χ2v) is 5.77. The summed E-state index contributed by atoms with van der Waals surface area (Å²) in [5.41, 5.74) is 3.09.